The van der Waals surface area contributed by atoms with E-state index >= 15 is 0 Å². The van der Waals surface area contributed by atoms with Crippen LogP contribution in [0, 0.1) is 0 Å². The van der Waals surface area contributed by atoms with Crippen molar-refractivity contribution in [2.75, 3.05) is 12.4 Å². The molecule has 2 rings (SSSR count). The van der Waals surface area contributed by atoms with E-state index in [2.05, 4.69) is 5.10 Å². The number of rotatable bonds is 6. The highest BCUT2D eigenvalue weighted by Gasteiger charge is 2.18. The Hall–Kier alpha value is -2.18. The maximum atomic E-state index is 12.0. The molecule has 0 bridgehead atoms. The fourth-order valence-electron chi connectivity index (χ4n) is 2.33. The molecule has 2 N–H and O–H groups in total. The van der Waals surface area contributed by atoms with Crippen LogP contribution in [0.3, 0.4) is 0 Å². The lowest BCUT2D eigenvalue weighted by molar-refractivity contribution is -0.130. The fourth-order valence-corrected chi connectivity index (χ4v) is 2.48. The largest absolute Gasteiger partial charge is 0.333 e. The number of nitrogens with two attached hydrogens (primary N) is 1. The van der Waals surface area contributed by atoms with Gasteiger partial charge in [-0.1, -0.05) is 24.3 Å². The highest BCUT2D eigenvalue weighted by molar-refractivity contribution is 6.27. The molecule has 1 aromatic heterocycles. The lowest BCUT2D eigenvalue weighted by Crippen LogP contribution is -2.42. The number of carbonyl (C=O) groups excluding carboxylic acids is 1. The van der Waals surface area contributed by atoms with E-state index in [9.17, 15) is 9.59 Å². The van der Waals surface area contributed by atoms with Gasteiger partial charge in [-0.2, -0.15) is 5.10 Å². The number of nitrogens with zero attached hydrogens (tertiary/aromatic N) is 3. The third-order valence-electron chi connectivity index (χ3n) is 3.87. The maximum Gasteiger partial charge on any atom is 0.266 e. The van der Waals surface area contributed by atoms with Crippen molar-refractivity contribution in [1.82, 2.24) is 14.7 Å². The topological polar surface area (TPSA) is 81.2 Å². The van der Waals surface area contributed by atoms with E-state index in [4.69, 9.17) is 17.3 Å². The molecule has 1 amide bonds. The number of aromatic nitrogens is 2. The van der Waals surface area contributed by atoms with Gasteiger partial charge in [0, 0.05) is 37.8 Å². The van der Waals surface area contributed by atoms with Crippen molar-refractivity contribution in [3.05, 3.63) is 52.3 Å². The lowest BCUT2D eigenvalue weighted by atomic mass is 10.1. The smallest absolute Gasteiger partial charge is 0.266 e. The number of hydrogen-bond acceptors (Lipinski definition) is 4. The summed E-state index contributed by atoms with van der Waals surface area (Å²) in [4.78, 5) is 25.0. The SMILES string of the molecule is C[C@@H](CN)N(Cc1ccc(-c2ccc(=O)n(C)n2)cc1)C(=O)CCl. The van der Waals surface area contributed by atoms with E-state index in [-0.39, 0.29) is 23.4 Å². The van der Waals surface area contributed by atoms with Gasteiger partial charge in [0.1, 0.15) is 5.88 Å². The Labute approximate surface area is 145 Å². The predicted molar refractivity (Wildman–Crippen MR) is 94.7 cm³/mol. The highest BCUT2D eigenvalue weighted by Crippen LogP contribution is 2.18. The number of halogens is 1. The van der Waals surface area contributed by atoms with Gasteiger partial charge in [-0.25, -0.2) is 4.68 Å². The van der Waals surface area contributed by atoms with Crippen LogP contribution >= 0.6 is 11.6 Å². The molecule has 0 saturated carbocycles. The molecule has 1 heterocycles. The Balaban J connectivity index is 2.20. The molecular weight excluding hydrogens is 328 g/mol. The number of hydrogen-bond donors (Lipinski definition) is 1. The number of alkyl halides is 1. The molecule has 0 unspecified atom stereocenters. The Morgan fingerprint density at radius 3 is 2.50 bits per heavy atom. The molecule has 0 aliphatic rings. The monoisotopic (exact) mass is 348 g/mol. The Morgan fingerprint density at radius 1 is 1.29 bits per heavy atom. The summed E-state index contributed by atoms with van der Waals surface area (Å²) in [5.41, 5.74) is 8.11. The second-order valence-electron chi connectivity index (χ2n) is 5.62. The first-order valence-electron chi connectivity index (χ1n) is 7.65. The van der Waals surface area contributed by atoms with Crippen LogP contribution < -0.4 is 11.3 Å². The van der Waals surface area contributed by atoms with E-state index in [0.717, 1.165) is 11.1 Å². The van der Waals surface area contributed by atoms with Gasteiger partial charge in [0.25, 0.3) is 5.56 Å². The van der Waals surface area contributed by atoms with Gasteiger partial charge in [0.2, 0.25) is 5.91 Å². The predicted octanol–water partition coefficient (Wildman–Crippen LogP) is 1.36. The van der Waals surface area contributed by atoms with Crippen molar-refractivity contribution in [2.45, 2.75) is 19.5 Å². The molecule has 24 heavy (non-hydrogen) atoms. The lowest BCUT2D eigenvalue weighted by Gasteiger charge is -2.28. The summed E-state index contributed by atoms with van der Waals surface area (Å²) in [6.45, 7) is 2.72. The van der Waals surface area contributed by atoms with Crippen LogP contribution in [0.25, 0.3) is 11.3 Å². The maximum absolute atomic E-state index is 12.0. The van der Waals surface area contributed by atoms with Crippen LogP contribution in [0.5, 0.6) is 0 Å². The molecule has 0 fully saturated rings. The zero-order chi connectivity index (χ0) is 17.7. The molecule has 0 radical (unpaired) electrons. The third kappa shape index (κ3) is 4.21. The molecule has 0 spiro atoms. The molecule has 0 saturated heterocycles. The zero-order valence-corrected chi connectivity index (χ0v) is 14.5. The van der Waals surface area contributed by atoms with E-state index in [1.807, 2.05) is 31.2 Å². The van der Waals surface area contributed by atoms with Crippen LogP contribution in [0.2, 0.25) is 0 Å². The van der Waals surface area contributed by atoms with Crippen molar-refractivity contribution in [3.8, 4) is 11.3 Å². The first-order valence-corrected chi connectivity index (χ1v) is 8.19. The Bertz CT molecular complexity index is 758. The van der Waals surface area contributed by atoms with Gasteiger partial charge in [-0.05, 0) is 18.6 Å². The summed E-state index contributed by atoms with van der Waals surface area (Å²) >= 11 is 5.68. The first-order chi connectivity index (χ1) is 11.5. The minimum absolute atomic E-state index is 0.0651. The number of benzene rings is 1. The van der Waals surface area contributed by atoms with Crippen molar-refractivity contribution in [1.29, 1.82) is 0 Å². The van der Waals surface area contributed by atoms with Crippen LogP contribution in [-0.4, -0.2) is 39.1 Å². The molecule has 0 aliphatic carbocycles. The Kier molecular flexibility index (Phi) is 6.11. The van der Waals surface area contributed by atoms with Crippen LogP contribution in [-0.2, 0) is 18.4 Å². The van der Waals surface area contributed by atoms with Crippen molar-refractivity contribution in [3.63, 3.8) is 0 Å². The summed E-state index contributed by atoms with van der Waals surface area (Å²) in [6, 6.07) is 10.8. The highest BCUT2D eigenvalue weighted by atomic mass is 35.5. The van der Waals surface area contributed by atoms with Gasteiger partial charge in [-0.3, -0.25) is 9.59 Å². The Morgan fingerprint density at radius 2 is 1.96 bits per heavy atom. The van der Waals surface area contributed by atoms with Gasteiger partial charge < -0.3 is 10.6 Å². The van der Waals surface area contributed by atoms with E-state index in [1.165, 1.54) is 10.7 Å². The molecular formula is C17H21ClN4O2. The van der Waals surface area contributed by atoms with E-state index in [0.29, 0.717) is 18.8 Å². The van der Waals surface area contributed by atoms with Crippen LogP contribution in [0.15, 0.2) is 41.2 Å². The number of amides is 1. The van der Waals surface area contributed by atoms with Crippen LogP contribution in [0.4, 0.5) is 0 Å². The molecule has 128 valence electrons. The number of carbonyl (C=O) groups is 1. The zero-order valence-electron chi connectivity index (χ0n) is 13.8. The molecule has 1 atom stereocenters. The normalized spacial score (nSPS) is 12.0. The average molecular weight is 349 g/mol. The van der Waals surface area contributed by atoms with Gasteiger partial charge >= 0.3 is 0 Å². The molecule has 6 nitrogen and oxygen atoms in total. The number of aryl methyl sites for hydroxylation is 1. The minimum atomic E-state index is -0.152. The van der Waals surface area contributed by atoms with Crippen molar-refractivity contribution < 1.29 is 4.79 Å². The molecule has 7 heteroatoms. The van der Waals surface area contributed by atoms with Gasteiger partial charge in [-0.15, -0.1) is 11.6 Å². The fraction of sp³-hybridized carbons (Fsp3) is 0.353. The standard InChI is InChI=1S/C17H21ClN4O2/c1-12(10-19)22(17(24)9-18)11-13-3-5-14(6-4-13)15-7-8-16(23)21(2)20-15/h3-8,12H,9-11,19H2,1-2H3/t12-/m0/s1. The molecule has 0 aliphatic heterocycles. The van der Waals surface area contributed by atoms with Gasteiger partial charge in [0.05, 0.1) is 5.69 Å². The summed E-state index contributed by atoms with van der Waals surface area (Å²) in [5, 5.41) is 4.22. The van der Waals surface area contributed by atoms with Crippen molar-refractivity contribution in [2.24, 2.45) is 12.8 Å². The summed E-state index contributed by atoms with van der Waals surface area (Å²) in [7, 11) is 1.62. The van der Waals surface area contributed by atoms with Crippen molar-refractivity contribution >= 4 is 17.5 Å². The average Bonchev–Trinajstić information content (AvgIpc) is 2.61. The summed E-state index contributed by atoms with van der Waals surface area (Å²) in [5.74, 6) is -0.205. The minimum Gasteiger partial charge on any atom is -0.333 e. The first kappa shape index (κ1) is 18.2. The van der Waals surface area contributed by atoms with E-state index < -0.39 is 0 Å². The summed E-state index contributed by atoms with van der Waals surface area (Å²) < 4.78 is 1.30. The van der Waals surface area contributed by atoms with Gasteiger partial charge in [0.15, 0.2) is 0 Å². The van der Waals surface area contributed by atoms with Crippen LogP contribution in [0.1, 0.15) is 12.5 Å². The molecule has 1 aromatic carbocycles. The quantitative estimate of drug-likeness (QED) is 0.799. The molecule has 2 aromatic rings. The van der Waals surface area contributed by atoms with E-state index in [1.54, 1.807) is 18.0 Å². The third-order valence-corrected chi connectivity index (χ3v) is 4.10. The second kappa shape index (κ2) is 8.08. The summed E-state index contributed by atoms with van der Waals surface area (Å²) in [6.07, 6.45) is 0. The second-order valence-corrected chi connectivity index (χ2v) is 5.88.